The van der Waals surface area contributed by atoms with Gasteiger partial charge in [-0.05, 0) is 27.7 Å². The van der Waals surface area contributed by atoms with E-state index in [4.69, 9.17) is 4.74 Å². The van der Waals surface area contributed by atoms with Gasteiger partial charge in [0.1, 0.15) is 18.3 Å². The van der Waals surface area contributed by atoms with Crippen LogP contribution in [0, 0.1) is 0 Å². The quantitative estimate of drug-likeness (QED) is 0.147. The van der Waals surface area contributed by atoms with Crippen molar-refractivity contribution in [3.8, 4) is 0 Å². The van der Waals surface area contributed by atoms with Gasteiger partial charge < -0.3 is 44.7 Å². The molecular weight excluding hydrogens is 482 g/mol. The number of rotatable bonds is 8. The second-order valence-corrected chi connectivity index (χ2v) is 11.4. The Morgan fingerprint density at radius 3 is 1.34 bits per heavy atom. The van der Waals surface area contributed by atoms with Gasteiger partial charge in [0.15, 0.2) is 45.3 Å². The largest absolute Gasteiger partial charge is 0.382 e. The fraction of sp³-hybridized carbons (Fsp3) is 0.733. The molecule has 0 saturated carbocycles. The second kappa shape index (κ2) is 8.53. The average molecular weight is 506 g/mol. The number of ether oxygens (including phenoxy) is 1. The Morgan fingerprint density at radius 2 is 1.09 bits per heavy atom. The third-order valence-electron chi connectivity index (χ3n) is 5.47. The van der Waals surface area contributed by atoms with Gasteiger partial charge in [0.25, 0.3) is 0 Å². The molecule has 17 heteroatoms. The van der Waals surface area contributed by atoms with Gasteiger partial charge in [-0.2, -0.15) is 0 Å². The first kappa shape index (κ1) is 28.8. The highest BCUT2D eigenvalue weighted by Gasteiger charge is 2.81. The van der Waals surface area contributed by atoms with E-state index in [-0.39, 0.29) is 0 Å². The Kier molecular flexibility index (Phi) is 7.68. The zero-order valence-corrected chi connectivity index (χ0v) is 18.9. The molecule has 0 amide bonds. The van der Waals surface area contributed by atoms with Crippen molar-refractivity contribution in [3.05, 3.63) is 0 Å². The van der Waals surface area contributed by atoms with Crippen LogP contribution < -0.4 is 0 Å². The van der Waals surface area contributed by atoms with Gasteiger partial charge in [-0.1, -0.05) is 0 Å². The molecule has 0 radical (unpaired) electrons. The van der Waals surface area contributed by atoms with E-state index in [1.807, 2.05) is 0 Å². The summed E-state index contributed by atoms with van der Waals surface area (Å²) >= 11 is 0. The first-order chi connectivity index (χ1) is 14.0. The van der Waals surface area contributed by atoms with Crippen LogP contribution in [0.2, 0.25) is 0 Å². The molecule has 1 unspecified atom stereocenters. The molecule has 15 nitrogen and oxygen atoms in total. The van der Waals surface area contributed by atoms with Crippen molar-refractivity contribution in [3.63, 3.8) is 0 Å². The fourth-order valence-electron chi connectivity index (χ4n) is 3.85. The van der Waals surface area contributed by atoms with Crippen molar-refractivity contribution in [1.29, 1.82) is 0 Å². The number of Topliss-reactive ketones (excluding diaryl/α,β-unsaturated/α-hetero) is 4. The summed E-state index contributed by atoms with van der Waals surface area (Å²) in [5.74, 6) is -6.54. The standard InChI is InChI=1S/C15H24O15P2/c1-5(16)9(20)10-13(21,6(2)17)15(23,8(4)19)14(22,7(3)18)11(30-10)12(31(24,25)26)32(27,28)29/h9-12,20-23H,1-4H3,(H2,24,25,26)(H2,27,28,29)/t9?,10-,11+,13-,14-,15+/m1/s1. The SMILES string of the molecule is CC(=O)C(O)[C@H]1O[C@@H](C(P(=O)(O)O)P(=O)(O)O)[C@](O)(C(C)=O)[C@](O)(C(C)=O)[C@@]1(O)C(C)=O. The number of aliphatic hydroxyl groups excluding tert-OH is 1. The Labute approximate surface area is 180 Å². The lowest BCUT2D eigenvalue weighted by atomic mass is 9.58. The van der Waals surface area contributed by atoms with Crippen LogP contribution in [0.1, 0.15) is 27.7 Å². The van der Waals surface area contributed by atoms with Crippen LogP contribution in [-0.2, 0) is 33.0 Å². The molecule has 1 fully saturated rings. The van der Waals surface area contributed by atoms with Crippen LogP contribution in [0.15, 0.2) is 0 Å². The number of carbonyl (C=O) groups is 4. The maximum Gasteiger partial charge on any atom is 0.343 e. The molecule has 6 atom stereocenters. The summed E-state index contributed by atoms with van der Waals surface area (Å²) in [7, 11) is -12.1. The number of hydrogen-bond acceptors (Lipinski definition) is 11. The highest BCUT2D eigenvalue weighted by molar-refractivity contribution is 7.71. The summed E-state index contributed by atoms with van der Waals surface area (Å²) in [6.45, 7) is 2.00. The number of hydrogen-bond donors (Lipinski definition) is 8. The number of carbonyl (C=O) groups excluding carboxylic acids is 4. The van der Waals surface area contributed by atoms with Crippen LogP contribution in [0.25, 0.3) is 0 Å². The van der Waals surface area contributed by atoms with Crippen molar-refractivity contribution in [2.24, 2.45) is 0 Å². The van der Waals surface area contributed by atoms with Gasteiger partial charge in [0, 0.05) is 0 Å². The molecule has 0 bridgehead atoms. The Balaban J connectivity index is 4.28. The zero-order chi connectivity index (χ0) is 25.8. The monoisotopic (exact) mass is 506 g/mol. The van der Waals surface area contributed by atoms with Gasteiger partial charge in [0.2, 0.25) is 0 Å². The van der Waals surface area contributed by atoms with Crippen molar-refractivity contribution in [1.82, 2.24) is 0 Å². The summed E-state index contributed by atoms with van der Waals surface area (Å²) in [6, 6.07) is 0. The summed E-state index contributed by atoms with van der Waals surface area (Å²) in [4.78, 5) is 87.2. The van der Waals surface area contributed by atoms with Crippen LogP contribution >= 0.6 is 15.2 Å². The molecule has 32 heavy (non-hydrogen) atoms. The van der Waals surface area contributed by atoms with E-state index in [0.717, 1.165) is 0 Å². The lowest BCUT2D eigenvalue weighted by Gasteiger charge is -2.59. The maximum absolute atomic E-state index is 12.5. The average Bonchev–Trinajstić information content (AvgIpc) is 2.58. The molecule has 1 aliphatic heterocycles. The van der Waals surface area contributed by atoms with E-state index in [9.17, 15) is 68.3 Å². The van der Waals surface area contributed by atoms with Gasteiger partial charge >= 0.3 is 15.2 Å². The van der Waals surface area contributed by atoms with Gasteiger partial charge in [-0.3, -0.25) is 28.3 Å². The topological polar surface area (TPSA) is 273 Å². The van der Waals surface area contributed by atoms with E-state index in [1.165, 1.54) is 0 Å². The molecular formula is C15H24O15P2. The molecule has 1 rings (SSSR count). The molecule has 0 aromatic carbocycles. The highest BCUT2D eigenvalue weighted by Crippen LogP contribution is 2.65. The van der Waals surface area contributed by atoms with Crippen molar-refractivity contribution < 1.29 is 73.0 Å². The third kappa shape index (κ3) is 3.97. The summed E-state index contributed by atoms with van der Waals surface area (Å²) in [5, 5.41) is 40.1. The Morgan fingerprint density at radius 1 is 0.750 bits per heavy atom. The molecule has 8 N–H and O–H groups in total. The van der Waals surface area contributed by atoms with E-state index < -0.39 is 78.8 Å². The normalized spacial score (nSPS) is 34.8. The van der Waals surface area contributed by atoms with Crippen LogP contribution in [0.4, 0.5) is 0 Å². The molecule has 1 heterocycles. The maximum atomic E-state index is 12.5. The predicted octanol–water partition coefficient (Wildman–Crippen LogP) is -3.65. The summed E-state index contributed by atoms with van der Waals surface area (Å²) in [5.41, 5.74) is -11.9. The molecule has 184 valence electrons. The van der Waals surface area contributed by atoms with Gasteiger partial charge in [-0.15, -0.1) is 0 Å². The van der Waals surface area contributed by atoms with Crippen molar-refractivity contribution >= 4 is 38.3 Å². The molecule has 1 saturated heterocycles. The van der Waals surface area contributed by atoms with Crippen molar-refractivity contribution in [2.45, 2.75) is 68.2 Å². The number of ketones is 4. The third-order valence-corrected chi connectivity index (χ3v) is 9.19. The number of aliphatic hydroxyl groups is 4. The van der Waals surface area contributed by atoms with E-state index in [0.29, 0.717) is 27.7 Å². The molecule has 1 aliphatic rings. The van der Waals surface area contributed by atoms with Gasteiger partial charge in [0.05, 0.1) is 0 Å². The van der Waals surface area contributed by atoms with Crippen LogP contribution in [0.5, 0.6) is 0 Å². The highest BCUT2D eigenvalue weighted by atomic mass is 31.2. The van der Waals surface area contributed by atoms with E-state index in [2.05, 4.69) is 0 Å². The van der Waals surface area contributed by atoms with Crippen LogP contribution in [0.3, 0.4) is 0 Å². The minimum Gasteiger partial charge on any atom is -0.382 e. The van der Waals surface area contributed by atoms with Crippen LogP contribution in [-0.4, -0.2) is 104 Å². The fourth-order valence-corrected chi connectivity index (χ4v) is 6.70. The minimum absolute atomic E-state index is 0.406. The lowest BCUT2D eigenvalue weighted by molar-refractivity contribution is -0.325. The van der Waals surface area contributed by atoms with Gasteiger partial charge in [-0.25, -0.2) is 0 Å². The molecule has 0 spiro atoms. The van der Waals surface area contributed by atoms with E-state index >= 15 is 0 Å². The first-order valence-corrected chi connectivity index (χ1v) is 12.0. The molecule has 0 aromatic rings. The molecule has 0 aliphatic carbocycles. The van der Waals surface area contributed by atoms with Crippen molar-refractivity contribution in [2.75, 3.05) is 0 Å². The van der Waals surface area contributed by atoms with E-state index in [1.54, 1.807) is 0 Å². The zero-order valence-electron chi connectivity index (χ0n) is 17.1. The first-order valence-electron chi connectivity index (χ1n) is 8.68. The Hall–Kier alpha value is -1.22. The lowest BCUT2D eigenvalue weighted by Crippen LogP contribution is -2.88. The predicted molar refractivity (Wildman–Crippen MR) is 100 cm³/mol. The minimum atomic E-state index is -6.07. The summed E-state index contributed by atoms with van der Waals surface area (Å²) < 4.78 is 28.8. The smallest absolute Gasteiger partial charge is 0.343 e. The molecule has 0 aromatic heterocycles. The second-order valence-electron chi connectivity index (χ2n) is 7.54. The Bertz CT molecular complexity index is 913. The summed E-state index contributed by atoms with van der Waals surface area (Å²) in [6.07, 6.45) is -8.64.